The fourth-order valence-corrected chi connectivity index (χ4v) is 4.21. The fraction of sp³-hybridized carbons (Fsp3) is 0.412. The molecule has 4 rings (SSSR count). The van der Waals surface area contributed by atoms with Gasteiger partial charge in [-0.15, -0.1) is 4.28 Å². The van der Waals surface area contributed by atoms with E-state index in [-0.39, 0.29) is 13.2 Å². The minimum absolute atomic E-state index is 0.0256. The Morgan fingerprint density at radius 2 is 2.13 bits per heavy atom. The highest BCUT2D eigenvalue weighted by molar-refractivity contribution is 7.80. The molecule has 0 aliphatic carbocycles. The normalized spacial score (nSPS) is 20.1. The molecule has 2 aromatic rings. The smallest absolute Gasteiger partial charge is 0.418 e. The average molecular weight is 452 g/mol. The zero-order chi connectivity index (χ0) is 22.5. The summed E-state index contributed by atoms with van der Waals surface area (Å²) in [5.41, 5.74) is 1.23. The molecule has 2 unspecified atom stereocenters. The molecule has 1 saturated heterocycles. The molecule has 2 aliphatic heterocycles. The van der Waals surface area contributed by atoms with E-state index in [2.05, 4.69) is 14.4 Å². The van der Waals surface area contributed by atoms with Crippen molar-refractivity contribution in [2.24, 2.45) is 7.05 Å². The van der Waals surface area contributed by atoms with Gasteiger partial charge in [-0.1, -0.05) is 0 Å². The van der Waals surface area contributed by atoms with Gasteiger partial charge in [0.05, 0.1) is 18.4 Å². The highest BCUT2D eigenvalue weighted by atomic mass is 32.3. The summed E-state index contributed by atoms with van der Waals surface area (Å²) in [6.45, 7) is -0.0562. The first kappa shape index (κ1) is 21.0. The third kappa shape index (κ3) is 3.68. The van der Waals surface area contributed by atoms with Crippen LogP contribution in [0.1, 0.15) is 29.0 Å². The molecule has 13 nitrogen and oxygen atoms in total. The topological polar surface area (TPSA) is 147 Å². The largest absolute Gasteiger partial charge is 0.486 e. The number of aryl methyl sites for hydroxylation is 1. The van der Waals surface area contributed by atoms with Crippen molar-refractivity contribution in [1.29, 1.82) is 0 Å². The fourth-order valence-electron chi connectivity index (χ4n) is 3.84. The van der Waals surface area contributed by atoms with Gasteiger partial charge in [0.1, 0.15) is 24.1 Å². The quantitative estimate of drug-likeness (QED) is 0.600. The van der Waals surface area contributed by atoms with Gasteiger partial charge in [0.2, 0.25) is 0 Å². The lowest BCUT2D eigenvalue weighted by Crippen LogP contribution is -2.44. The van der Waals surface area contributed by atoms with Crippen molar-refractivity contribution in [2.75, 3.05) is 20.6 Å². The summed E-state index contributed by atoms with van der Waals surface area (Å²) < 4.78 is 43.6. The lowest BCUT2D eigenvalue weighted by molar-refractivity contribution is -0.134. The van der Waals surface area contributed by atoms with Crippen molar-refractivity contribution in [1.82, 2.24) is 29.6 Å². The number of fused-ring (bicyclic) bond motifs is 4. The Bertz CT molecular complexity index is 1130. The van der Waals surface area contributed by atoms with E-state index in [1.165, 1.54) is 20.7 Å². The maximum absolute atomic E-state index is 13.0. The predicted octanol–water partition coefficient (Wildman–Crippen LogP) is 0.0501. The number of hydrogen-bond donors (Lipinski definition) is 1. The number of amides is 3. The number of aromatic nitrogens is 3. The predicted molar refractivity (Wildman–Crippen MR) is 103 cm³/mol. The number of carbonyl (C=O) groups is 2. The molecule has 0 saturated carbocycles. The van der Waals surface area contributed by atoms with Crippen LogP contribution in [0.2, 0.25) is 0 Å². The number of rotatable bonds is 6. The summed E-state index contributed by atoms with van der Waals surface area (Å²) in [7, 11) is -0.272. The van der Waals surface area contributed by atoms with Crippen LogP contribution in [-0.4, -0.2) is 75.2 Å². The van der Waals surface area contributed by atoms with Gasteiger partial charge in [-0.05, 0) is 12.1 Å². The van der Waals surface area contributed by atoms with Gasteiger partial charge in [0, 0.05) is 32.9 Å². The minimum Gasteiger partial charge on any atom is -0.486 e. The van der Waals surface area contributed by atoms with Crippen molar-refractivity contribution in [3.05, 3.63) is 41.5 Å². The lowest BCUT2D eigenvalue weighted by Gasteiger charge is -2.32. The van der Waals surface area contributed by atoms with Crippen LogP contribution in [0, 0.1) is 0 Å². The maximum atomic E-state index is 13.0. The number of urea groups is 1. The number of carbonyl (C=O) groups excluding carboxylic acids is 2. The summed E-state index contributed by atoms with van der Waals surface area (Å²) in [5.74, 6) is 0.0817. The molecule has 3 amide bonds. The SMILES string of the molecule is CN(C)C(=O)C1c2c(c(COc3cccnc3)nn2C)C2CN1C(=O)N2OS(=O)(=O)O. The molecular weight excluding hydrogens is 432 g/mol. The van der Waals surface area contributed by atoms with Crippen LogP contribution >= 0.6 is 0 Å². The van der Waals surface area contributed by atoms with Crippen LogP contribution in [0.15, 0.2) is 24.5 Å². The molecule has 2 aromatic heterocycles. The number of ether oxygens (including phenoxy) is 1. The Balaban J connectivity index is 1.79. The Labute approximate surface area is 177 Å². The Morgan fingerprint density at radius 3 is 2.74 bits per heavy atom. The van der Waals surface area contributed by atoms with Gasteiger partial charge in [-0.25, -0.2) is 4.79 Å². The summed E-state index contributed by atoms with van der Waals surface area (Å²) >= 11 is 0. The van der Waals surface area contributed by atoms with Gasteiger partial charge < -0.3 is 14.5 Å². The Hall–Kier alpha value is -3.23. The number of hydrogen-bond acceptors (Lipinski definition) is 8. The third-order valence-corrected chi connectivity index (χ3v) is 5.41. The van der Waals surface area contributed by atoms with Gasteiger partial charge >= 0.3 is 16.4 Å². The molecule has 2 bridgehead atoms. The molecule has 4 heterocycles. The molecule has 2 aliphatic rings. The Kier molecular flexibility index (Phi) is 5.07. The molecule has 0 aromatic carbocycles. The first-order valence-electron chi connectivity index (χ1n) is 9.15. The second kappa shape index (κ2) is 7.47. The molecule has 31 heavy (non-hydrogen) atoms. The van der Waals surface area contributed by atoms with E-state index < -0.39 is 34.4 Å². The van der Waals surface area contributed by atoms with Gasteiger partial charge in [-0.2, -0.15) is 18.6 Å². The first-order chi connectivity index (χ1) is 14.6. The average Bonchev–Trinajstić information content (AvgIpc) is 3.17. The Morgan fingerprint density at radius 1 is 1.39 bits per heavy atom. The summed E-state index contributed by atoms with van der Waals surface area (Å²) in [6, 6.07) is 0.572. The zero-order valence-electron chi connectivity index (χ0n) is 16.9. The summed E-state index contributed by atoms with van der Waals surface area (Å²) in [5, 5.41) is 4.99. The minimum atomic E-state index is -4.98. The van der Waals surface area contributed by atoms with Crippen LogP contribution in [0.25, 0.3) is 0 Å². The zero-order valence-corrected chi connectivity index (χ0v) is 17.7. The second-order valence-electron chi connectivity index (χ2n) is 7.26. The number of nitrogens with zero attached hydrogens (tertiary/aromatic N) is 6. The van der Waals surface area contributed by atoms with Crippen molar-refractivity contribution < 1.29 is 31.6 Å². The van der Waals surface area contributed by atoms with Gasteiger partial charge in [0.15, 0.2) is 6.04 Å². The molecule has 0 spiro atoms. The van der Waals surface area contributed by atoms with Gasteiger partial charge in [-0.3, -0.25) is 19.0 Å². The second-order valence-corrected chi connectivity index (χ2v) is 8.27. The summed E-state index contributed by atoms with van der Waals surface area (Å²) in [4.78, 5) is 32.3. The lowest BCUT2D eigenvalue weighted by atomic mass is 9.94. The van der Waals surface area contributed by atoms with Crippen LogP contribution in [0.4, 0.5) is 4.79 Å². The van der Waals surface area contributed by atoms with Crippen molar-refractivity contribution in [3.63, 3.8) is 0 Å². The molecule has 166 valence electrons. The third-order valence-electron chi connectivity index (χ3n) is 5.06. The van der Waals surface area contributed by atoms with Crippen LogP contribution in [0.3, 0.4) is 0 Å². The van der Waals surface area contributed by atoms with E-state index >= 15 is 0 Å². The molecule has 0 radical (unpaired) electrons. The van der Waals surface area contributed by atoms with E-state index in [4.69, 9.17) is 9.29 Å². The van der Waals surface area contributed by atoms with E-state index in [9.17, 15) is 18.0 Å². The van der Waals surface area contributed by atoms with E-state index in [0.717, 1.165) is 0 Å². The monoisotopic (exact) mass is 452 g/mol. The van der Waals surface area contributed by atoms with E-state index in [0.29, 0.717) is 27.8 Å². The maximum Gasteiger partial charge on any atom is 0.418 e. The van der Waals surface area contributed by atoms with E-state index in [1.54, 1.807) is 39.5 Å². The molecular formula is C17H20N6O7S. The molecule has 1 fully saturated rings. The highest BCUT2D eigenvalue weighted by Crippen LogP contribution is 2.46. The van der Waals surface area contributed by atoms with Crippen LogP contribution in [-0.2, 0) is 33.1 Å². The number of pyridine rings is 1. The number of hydroxylamine groups is 2. The van der Waals surface area contributed by atoms with Crippen LogP contribution in [0.5, 0.6) is 5.75 Å². The molecule has 14 heteroatoms. The summed E-state index contributed by atoms with van der Waals surface area (Å²) in [6.07, 6.45) is 3.11. The molecule has 1 N–H and O–H groups in total. The standard InChI is InChI=1S/C17H20N6O7S/c1-20(2)16(24)15-14-13(12-8-22(15)17(25)23(12)30-31(26,27)28)11(19-21(14)3)9-29-10-5-4-6-18-7-10/h4-7,12,15H,8-9H2,1-3H3,(H,26,27,28). The van der Waals surface area contributed by atoms with Crippen molar-refractivity contribution >= 4 is 22.3 Å². The molecule has 2 atom stereocenters. The number of likely N-dealkylation sites (N-methyl/N-ethyl adjacent to an activating group) is 1. The van der Waals surface area contributed by atoms with E-state index in [1.807, 2.05) is 0 Å². The van der Waals surface area contributed by atoms with Gasteiger partial charge in [0.25, 0.3) is 5.91 Å². The highest BCUT2D eigenvalue weighted by Gasteiger charge is 2.55. The van der Waals surface area contributed by atoms with Crippen molar-refractivity contribution in [2.45, 2.75) is 18.7 Å². The van der Waals surface area contributed by atoms with Crippen LogP contribution < -0.4 is 4.74 Å². The first-order valence-corrected chi connectivity index (χ1v) is 10.5. The van der Waals surface area contributed by atoms with Crippen molar-refractivity contribution in [3.8, 4) is 5.75 Å².